The summed E-state index contributed by atoms with van der Waals surface area (Å²) < 4.78 is 2.37. The molecule has 2 rings (SSSR count). The van der Waals surface area contributed by atoms with Crippen molar-refractivity contribution in [2.75, 3.05) is 11.9 Å². The quantitative estimate of drug-likeness (QED) is 0.706. The molecule has 2 N–H and O–H groups in total. The van der Waals surface area contributed by atoms with Crippen molar-refractivity contribution in [2.24, 2.45) is 14.1 Å². The summed E-state index contributed by atoms with van der Waals surface area (Å²) in [6.07, 6.45) is 1.67. The molecular weight excluding hydrogens is 222 g/mol. The van der Waals surface area contributed by atoms with Crippen LogP contribution in [-0.2, 0) is 14.1 Å². The van der Waals surface area contributed by atoms with Crippen LogP contribution < -0.4 is 16.6 Å². The highest BCUT2D eigenvalue weighted by Gasteiger charge is 2.12. The number of hydrogen-bond acceptors (Lipinski definition) is 4. The number of fused-ring (bicyclic) bond motifs is 1. The van der Waals surface area contributed by atoms with Gasteiger partial charge in [-0.3, -0.25) is 13.9 Å². The molecule has 0 saturated heterocycles. The van der Waals surface area contributed by atoms with Gasteiger partial charge >= 0.3 is 5.69 Å². The van der Waals surface area contributed by atoms with Crippen molar-refractivity contribution in [1.29, 1.82) is 0 Å². The smallest absolute Gasteiger partial charge is 0.332 e. The van der Waals surface area contributed by atoms with Crippen LogP contribution in [0.5, 0.6) is 0 Å². The Labute approximate surface area is 96.4 Å². The molecule has 0 radical (unpaired) electrons. The van der Waals surface area contributed by atoms with E-state index >= 15 is 0 Å². The van der Waals surface area contributed by atoms with Crippen molar-refractivity contribution >= 4 is 17.1 Å². The van der Waals surface area contributed by atoms with E-state index in [-0.39, 0.29) is 5.56 Å². The summed E-state index contributed by atoms with van der Waals surface area (Å²) in [6.45, 7) is 4.09. The summed E-state index contributed by atoms with van der Waals surface area (Å²) in [5.41, 5.74) is -0.141. The summed E-state index contributed by atoms with van der Waals surface area (Å²) >= 11 is 0. The number of rotatable bonds is 3. The molecule has 0 saturated carbocycles. The lowest BCUT2D eigenvalue weighted by Gasteiger charge is -2.00. The maximum atomic E-state index is 11.8. The van der Waals surface area contributed by atoms with Gasteiger partial charge < -0.3 is 10.3 Å². The fourth-order valence-corrected chi connectivity index (χ4v) is 1.58. The highest BCUT2D eigenvalue weighted by Crippen LogP contribution is 2.07. The van der Waals surface area contributed by atoms with Crippen LogP contribution in [0.2, 0.25) is 0 Å². The summed E-state index contributed by atoms with van der Waals surface area (Å²) in [7, 11) is 3.00. The molecule has 7 nitrogen and oxygen atoms in total. The first-order valence-corrected chi connectivity index (χ1v) is 5.06. The maximum Gasteiger partial charge on any atom is 0.332 e. The van der Waals surface area contributed by atoms with Crippen LogP contribution in [0.15, 0.2) is 22.2 Å². The Bertz CT molecular complexity index is 691. The van der Waals surface area contributed by atoms with Crippen molar-refractivity contribution in [3.05, 3.63) is 33.5 Å². The van der Waals surface area contributed by atoms with Crippen LogP contribution in [0.3, 0.4) is 0 Å². The molecule has 0 aliphatic carbocycles. The van der Waals surface area contributed by atoms with E-state index in [1.54, 1.807) is 13.1 Å². The van der Waals surface area contributed by atoms with Crippen LogP contribution in [0.4, 0.5) is 5.95 Å². The number of hydrogen-bond donors (Lipinski definition) is 2. The second-order valence-electron chi connectivity index (χ2n) is 3.66. The fraction of sp³-hybridized carbons (Fsp3) is 0.300. The van der Waals surface area contributed by atoms with Crippen LogP contribution >= 0.6 is 0 Å². The number of nitrogens with zero attached hydrogens (tertiary/aromatic N) is 3. The molecule has 2 heterocycles. The molecular formula is C10H13N5O2. The Hall–Kier alpha value is -2.31. The topological polar surface area (TPSA) is 84.7 Å². The monoisotopic (exact) mass is 235 g/mol. The zero-order valence-electron chi connectivity index (χ0n) is 9.65. The molecule has 0 aliphatic heterocycles. The Balaban J connectivity index is 2.72. The number of aromatic amines is 1. The molecule has 17 heavy (non-hydrogen) atoms. The highest BCUT2D eigenvalue weighted by molar-refractivity contribution is 5.72. The number of aromatic nitrogens is 4. The zero-order chi connectivity index (χ0) is 12.6. The minimum Gasteiger partial charge on any atom is -0.352 e. The molecule has 7 heteroatoms. The molecule has 90 valence electrons. The van der Waals surface area contributed by atoms with E-state index in [0.29, 0.717) is 23.7 Å². The van der Waals surface area contributed by atoms with Gasteiger partial charge in [0.05, 0.1) is 0 Å². The molecule has 0 bridgehead atoms. The van der Waals surface area contributed by atoms with Crippen molar-refractivity contribution in [1.82, 2.24) is 19.1 Å². The molecule has 0 spiro atoms. The van der Waals surface area contributed by atoms with Crippen LogP contribution in [-0.4, -0.2) is 25.6 Å². The molecule has 0 fully saturated rings. The van der Waals surface area contributed by atoms with E-state index in [1.807, 2.05) is 0 Å². The Morgan fingerprint density at radius 1 is 1.41 bits per heavy atom. The van der Waals surface area contributed by atoms with E-state index in [9.17, 15) is 9.59 Å². The Kier molecular flexibility index (Phi) is 2.58. The van der Waals surface area contributed by atoms with E-state index < -0.39 is 5.69 Å². The van der Waals surface area contributed by atoms with Crippen LogP contribution in [0.1, 0.15) is 0 Å². The van der Waals surface area contributed by atoms with Gasteiger partial charge in [-0.1, -0.05) is 6.08 Å². The third-order valence-electron chi connectivity index (χ3n) is 2.51. The summed E-state index contributed by atoms with van der Waals surface area (Å²) in [4.78, 5) is 30.5. The maximum absolute atomic E-state index is 11.8. The van der Waals surface area contributed by atoms with Crippen molar-refractivity contribution in [2.45, 2.75) is 0 Å². The van der Waals surface area contributed by atoms with Crippen molar-refractivity contribution in [3.8, 4) is 0 Å². The molecule has 0 atom stereocenters. The van der Waals surface area contributed by atoms with Gasteiger partial charge in [0.1, 0.15) is 0 Å². The summed E-state index contributed by atoms with van der Waals surface area (Å²) in [6, 6.07) is 0. The lowest BCUT2D eigenvalue weighted by Crippen LogP contribution is -2.36. The first kappa shape index (κ1) is 11.2. The number of H-pyrrole nitrogens is 1. The Morgan fingerprint density at radius 3 is 2.76 bits per heavy atom. The van der Waals surface area contributed by atoms with E-state index in [2.05, 4.69) is 21.9 Å². The van der Waals surface area contributed by atoms with Gasteiger partial charge in [-0.25, -0.2) is 4.79 Å². The average Bonchev–Trinajstić information content (AvgIpc) is 2.75. The van der Waals surface area contributed by atoms with Gasteiger partial charge in [-0.05, 0) is 0 Å². The number of aryl methyl sites for hydroxylation is 1. The van der Waals surface area contributed by atoms with Gasteiger partial charge in [0, 0.05) is 20.6 Å². The van der Waals surface area contributed by atoms with Gasteiger partial charge in [0.2, 0.25) is 5.95 Å². The van der Waals surface area contributed by atoms with E-state index in [4.69, 9.17) is 0 Å². The first-order valence-electron chi connectivity index (χ1n) is 5.06. The molecule has 0 unspecified atom stereocenters. The van der Waals surface area contributed by atoms with Crippen molar-refractivity contribution in [3.63, 3.8) is 0 Å². The molecule has 0 aliphatic rings. The SMILES string of the molecule is C=CCNc1nc2c([nH]1)c(=O)n(C)c(=O)n2C. The van der Waals surface area contributed by atoms with Crippen LogP contribution in [0.25, 0.3) is 11.2 Å². The van der Waals surface area contributed by atoms with E-state index in [1.165, 1.54) is 11.6 Å². The van der Waals surface area contributed by atoms with Crippen molar-refractivity contribution < 1.29 is 0 Å². The molecule has 2 aromatic rings. The lowest BCUT2D eigenvalue weighted by atomic mass is 10.5. The highest BCUT2D eigenvalue weighted by atomic mass is 16.2. The summed E-state index contributed by atoms with van der Waals surface area (Å²) in [5, 5.41) is 2.93. The number of anilines is 1. The minimum absolute atomic E-state index is 0.307. The average molecular weight is 235 g/mol. The van der Waals surface area contributed by atoms with Gasteiger partial charge in [-0.15, -0.1) is 6.58 Å². The lowest BCUT2D eigenvalue weighted by molar-refractivity contribution is 0.709. The fourth-order valence-electron chi connectivity index (χ4n) is 1.58. The van der Waals surface area contributed by atoms with E-state index in [0.717, 1.165) is 4.57 Å². The largest absolute Gasteiger partial charge is 0.352 e. The predicted molar refractivity (Wildman–Crippen MR) is 65.3 cm³/mol. The summed E-state index contributed by atoms with van der Waals surface area (Å²) in [5.74, 6) is 0.443. The third kappa shape index (κ3) is 1.65. The Morgan fingerprint density at radius 2 is 2.12 bits per heavy atom. The van der Waals surface area contributed by atoms with Gasteiger partial charge in [0.25, 0.3) is 5.56 Å². The molecule has 2 aromatic heterocycles. The van der Waals surface area contributed by atoms with Gasteiger partial charge in [-0.2, -0.15) is 4.98 Å². The number of nitrogens with one attached hydrogen (secondary N) is 2. The van der Waals surface area contributed by atoms with Crippen LogP contribution in [0, 0.1) is 0 Å². The number of imidazole rings is 1. The van der Waals surface area contributed by atoms with Gasteiger partial charge in [0.15, 0.2) is 11.2 Å². The zero-order valence-corrected chi connectivity index (χ0v) is 9.65. The molecule has 0 aromatic carbocycles. The second-order valence-corrected chi connectivity index (χ2v) is 3.66. The standard InChI is InChI=1S/C10H13N5O2/c1-4-5-11-9-12-6-7(13-9)14(2)10(17)15(3)8(6)16/h4H,1,5H2,2-3H3,(H2,11,12,13). The normalized spacial score (nSPS) is 10.7. The third-order valence-corrected chi connectivity index (χ3v) is 2.51. The minimum atomic E-state index is -0.399. The first-order chi connectivity index (χ1) is 8.06. The molecule has 0 amide bonds. The predicted octanol–water partition coefficient (Wildman–Crippen LogP) is -0.442. The second kappa shape index (κ2) is 3.93.